The maximum Gasteiger partial charge on any atom is 0.490 e. The molecule has 658 valence electrons. The van der Waals surface area contributed by atoms with E-state index in [4.69, 9.17) is 40.0 Å². The molecule has 0 radical (unpaired) electrons. The van der Waals surface area contributed by atoms with E-state index < -0.39 is 137 Å². The predicted octanol–water partition coefficient (Wildman–Crippen LogP) is 5.43. The minimum absolute atomic E-state index is 0.00120. The number of aliphatic hydroxyl groups excluding tert-OH is 2. The summed E-state index contributed by atoms with van der Waals surface area (Å²) >= 11 is 0.880. The number of nitrogens with two attached hydrogens (primary N) is 1. The monoisotopic (exact) mass is 1840 g/mol. The van der Waals surface area contributed by atoms with Crippen molar-refractivity contribution < 1.29 is 136 Å². The summed E-state index contributed by atoms with van der Waals surface area (Å²) in [5.74, 6) is 4.39. The zero-order valence-electron chi connectivity index (χ0n) is 65.3. The third-order valence-corrected chi connectivity index (χ3v) is 27.6. The minimum atomic E-state index is -5.82. The van der Waals surface area contributed by atoms with Crippen LogP contribution in [0.4, 0.5) is 17.2 Å². The van der Waals surface area contributed by atoms with Gasteiger partial charge in [-0.05, 0) is 88.4 Å². The van der Waals surface area contributed by atoms with Crippen molar-refractivity contribution in [2.45, 2.75) is 175 Å². The number of unbranched alkanes of at least 4 members (excludes halogenated alkanes) is 4. The van der Waals surface area contributed by atoms with E-state index in [-0.39, 0.29) is 103 Å². The first-order chi connectivity index (χ1) is 56.5. The molecule has 120 heavy (non-hydrogen) atoms. The van der Waals surface area contributed by atoms with Crippen molar-refractivity contribution in [1.82, 2.24) is 44.9 Å². The first-order valence-electron chi connectivity index (χ1n) is 37.3. The second kappa shape index (κ2) is 42.5. The van der Waals surface area contributed by atoms with E-state index in [9.17, 15) is 80.0 Å². The molecule has 9 rings (SSSR count). The van der Waals surface area contributed by atoms with Gasteiger partial charge in [-0.25, -0.2) is 38.3 Å². The van der Waals surface area contributed by atoms with Crippen molar-refractivity contribution in [3.63, 3.8) is 0 Å². The molecule has 4 amide bonds. The Morgan fingerprint density at radius 1 is 0.767 bits per heavy atom. The van der Waals surface area contributed by atoms with Gasteiger partial charge in [0.25, 0.3) is 15.7 Å². The Hall–Kier alpha value is -7.13. The van der Waals surface area contributed by atoms with Gasteiger partial charge in [0.2, 0.25) is 29.3 Å². The molecule has 42 nitrogen and oxygen atoms in total. The van der Waals surface area contributed by atoms with Crippen LogP contribution in [-0.4, -0.2) is 203 Å². The molecule has 9 unspecified atom stereocenters. The Morgan fingerprint density at radius 3 is 2.13 bits per heavy atom. The lowest BCUT2D eigenvalue weighted by molar-refractivity contribution is -0.438. The van der Waals surface area contributed by atoms with Gasteiger partial charge < -0.3 is 85.5 Å². The maximum absolute atomic E-state index is 13.9. The number of nitrogen functional groups attached to an aromatic ring is 1. The highest BCUT2D eigenvalue weighted by molar-refractivity contribution is 8.76. The Labute approximate surface area is 700 Å². The Bertz CT molecular complexity index is 5220. The fourth-order valence-corrected chi connectivity index (χ4v) is 20.2. The number of phosphoric acid groups is 4. The number of allylic oxidation sites excluding steroid dienone is 6. The van der Waals surface area contributed by atoms with Crippen LogP contribution in [0.5, 0.6) is 0 Å². The number of phosphoric ester groups is 2. The molecule has 4 aliphatic heterocycles. The highest BCUT2D eigenvalue weighted by atomic mass is 33.1. The van der Waals surface area contributed by atoms with Crippen LogP contribution >= 0.6 is 64.9 Å². The van der Waals surface area contributed by atoms with Crippen molar-refractivity contribution in [3.05, 3.63) is 135 Å². The molecule has 0 saturated carbocycles. The molecule has 3 aromatic heterocycles. The molecular weight excluding hydrogens is 1740 g/mol. The number of fused-ring (bicyclic) bond motifs is 3. The lowest BCUT2D eigenvalue weighted by atomic mass is 9.81. The Balaban J connectivity index is 0.783. The van der Waals surface area contributed by atoms with Crippen molar-refractivity contribution >= 4 is 133 Å². The van der Waals surface area contributed by atoms with Crippen molar-refractivity contribution in [3.8, 4) is 11.8 Å². The predicted molar refractivity (Wildman–Crippen MR) is 437 cm³/mol. The number of aromatic nitrogens is 5. The number of amides is 4. The van der Waals surface area contributed by atoms with Crippen molar-refractivity contribution in [1.29, 1.82) is 0 Å². The molecular formula is C70H95N12O30P4S4+. The molecule has 5 aromatic rings. The van der Waals surface area contributed by atoms with Gasteiger partial charge in [0.1, 0.15) is 55.0 Å². The van der Waals surface area contributed by atoms with Gasteiger partial charge in [-0.1, -0.05) is 77.0 Å². The van der Waals surface area contributed by atoms with E-state index in [1.807, 2.05) is 62.4 Å². The summed E-state index contributed by atoms with van der Waals surface area (Å²) in [6.07, 6.45) is 8.81. The third kappa shape index (κ3) is 26.7. The van der Waals surface area contributed by atoms with Crippen LogP contribution in [0, 0.1) is 11.8 Å². The number of hydrogen-bond acceptors (Lipinski definition) is 30. The number of aliphatic hydroxyl groups is 2. The smallest absolute Gasteiger partial charge is 0.390 e. The normalized spacial score (nSPS) is 20.6. The fraction of sp³-hybridized carbons (Fsp3) is 0.500. The van der Waals surface area contributed by atoms with Gasteiger partial charge in [-0.2, -0.15) is 21.6 Å². The van der Waals surface area contributed by atoms with Crippen LogP contribution in [0.3, 0.4) is 0 Å². The Morgan fingerprint density at radius 2 is 1.45 bits per heavy atom. The van der Waals surface area contributed by atoms with Gasteiger partial charge in [0.05, 0.1) is 65.3 Å². The average Bonchev–Trinajstić information content (AvgIpc) is 1.60. The number of ether oxygens (including phenoxy) is 2. The molecule has 0 aliphatic carbocycles. The molecule has 4 aliphatic rings. The number of rotatable bonds is 44. The highest BCUT2D eigenvalue weighted by Crippen LogP contribution is 2.66. The van der Waals surface area contributed by atoms with Gasteiger partial charge in [-0.15, -0.1) is 4.33 Å². The molecule has 2 saturated heterocycles. The van der Waals surface area contributed by atoms with Gasteiger partial charge in [-0.3, -0.25) is 46.7 Å². The third-order valence-electron chi connectivity index (χ3n) is 19.5. The van der Waals surface area contributed by atoms with Gasteiger partial charge in [0, 0.05) is 134 Å². The van der Waals surface area contributed by atoms with Gasteiger partial charge >= 0.3 is 37.0 Å². The number of carbonyl (C=O) groups excluding carboxylic acids is 4. The quantitative estimate of drug-likeness (QED) is 0.00221. The number of hydrogen-bond donors (Lipinski definition) is 15. The molecule has 50 heteroatoms. The number of benzene rings is 2. The second-order valence-electron chi connectivity index (χ2n) is 28.6. The van der Waals surface area contributed by atoms with E-state index in [0.29, 0.717) is 57.2 Å². The van der Waals surface area contributed by atoms with Gasteiger partial charge in [0.15, 0.2) is 5.71 Å². The molecule has 9 atom stereocenters. The number of likely N-dealkylation sites (N-methyl/N-ethyl adjacent to an activating group) is 1. The summed E-state index contributed by atoms with van der Waals surface area (Å²) in [6.45, 7) is 9.44. The summed E-state index contributed by atoms with van der Waals surface area (Å²) in [6, 6.07) is 10.4. The fourth-order valence-electron chi connectivity index (χ4n) is 13.8. The van der Waals surface area contributed by atoms with Crippen LogP contribution in [0.15, 0.2) is 117 Å². The second-order valence-corrected chi connectivity index (χ2v) is 39.1. The molecule has 2 fully saturated rings. The lowest BCUT2D eigenvalue weighted by Gasteiger charge is -2.25. The molecule has 0 bridgehead atoms. The summed E-state index contributed by atoms with van der Waals surface area (Å²) in [7, 11) is -24.0. The number of anilines is 2. The molecule has 7 heterocycles. The number of nitrogens with one attached hydrogen (secondary N) is 4. The van der Waals surface area contributed by atoms with Crippen LogP contribution in [-0.2, 0) is 101 Å². The molecule has 2 aromatic carbocycles. The van der Waals surface area contributed by atoms with Crippen LogP contribution in [0.25, 0.3) is 11.0 Å². The summed E-state index contributed by atoms with van der Waals surface area (Å²) < 4.78 is 119. The van der Waals surface area contributed by atoms with E-state index in [1.165, 1.54) is 44.5 Å². The number of nitrogens with zero attached hydrogens (tertiary/aromatic N) is 7. The minimum Gasteiger partial charge on any atom is -0.390 e. The summed E-state index contributed by atoms with van der Waals surface area (Å²) in [4.78, 5) is 146. The maximum atomic E-state index is 13.9. The standard InChI is InChI=1S/C70H94N12O30P4S4/c1-6-78-50-24-22-45(119-110-109-91)35-47(50)69(2,3)56(78)18-10-7-11-19-57-70(4,5)48-36-46(120(102,103)104)23-25-51(48)79(57)31-15-9-13-21-60(87)77-49(67(89)74-28-14-8-12-20-58(85)73-30-33-80-61(88)26-32-81(68(80)90)62-37-52(83)54(107-62)40-105-113(92,93)94)42-118-117-34-27-59(86)72-29-16-17-44-39-82(66-64(44)65(71)75-43-76-66)63-38-53(84)55(108-63)41-106-115(98,99)112-116(100,101)111-114(95,96)97/h7,10-11,18-19,22-26,32,35-36,39,43,49,52-55,62-63,83-84H,6,8-9,12-15,20-21,27-31,33-34,37-38,40-42H2,1-5H3,(H13-,71,72,73,74,75,76,77,85,86,87,89,91,92,93,94,95,96,97,98,99,100,101,102,103,104)/p+1. The van der Waals surface area contributed by atoms with E-state index in [0.717, 1.165) is 73.0 Å². The largest absolute Gasteiger partial charge is 0.490 e. The SMILES string of the molecule is CCN1C(=CC=CC=CC2=[N+](CCCCCC(=O)NC(CSSCCC(=O)NCC#Cc3cn(C4CC(O)C(COP(=O)(O)OP(=O)(O)OP(=O)(O)O)O4)c4ncnc(N)c34)C(=O)NCCCCCC(=O)NCCn3c(=O)ccn(C4CC(O)C(COP(=O)(O)O)O4)c3=O)c3ccc(S(=O)(=O)O)cc3C2(C)C)C(C)(C)c2cc(SOOO)ccc21. The molecule has 16 N–H and O–H groups in total. The first kappa shape index (κ1) is 96.7. The summed E-state index contributed by atoms with van der Waals surface area (Å²) in [5.41, 5.74) is 9.42. The molecule has 0 spiro atoms. The van der Waals surface area contributed by atoms with Crippen molar-refractivity contribution in [2.75, 3.05) is 68.1 Å². The Kier molecular flexibility index (Phi) is 34.2. The van der Waals surface area contributed by atoms with E-state index >= 15 is 0 Å². The van der Waals surface area contributed by atoms with Crippen LogP contribution < -0.4 is 43.1 Å². The highest BCUT2D eigenvalue weighted by Gasteiger charge is 2.47. The number of carbonyl (C=O) groups is 4. The average molecular weight is 1840 g/mol. The van der Waals surface area contributed by atoms with E-state index in [1.54, 1.807) is 6.07 Å². The zero-order chi connectivity index (χ0) is 87.7. The topological polar surface area (TPSA) is 602 Å². The first-order valence-corrected chi connectivity index (χ1v) is 48.0. The van der Waals surface area contributed by atoms with Crippen molar-refractivity contribution in [2.24, 2.45) is 0 Å². The van der Waals surface area contributed by atoms with Crippen LogP contribution in [0.1, 0.15) is 134 Å². The summed E-state index contributed by atoms with van der Waals surface area (Å²) in [5, 5.41) is 45.1. The zero-order valence-corrected chi connectivity index (χ0v) is 72.2. The van der Waals surface area contributed by atoms with Crippen LogP contribution in [0.2, 0.25) is 0 Å². The van der Waals surface area contributed by atoms with E-state index in [2.05, 4.69) is 100 Å². The lowest BCUT2D eigenvalue weighted by Crippen LogP contribution is -2.48.